The zero-order valence-electron chi connectivity index (χ0n) is 10.2. The van der Waals surface area contributed by atoms with E-state index in [0.717, 1.165) is 0 Å². The highest BCUT2D eigenvalue weighted by molar-refractivity contribution is 6.58. The van der Waals surface area contributed by atoms with E-state index in [1.165, 1.54) is 43.5 Å². The molecule has 0 spiro atoms. The van der Waals surface area contributed by atoms with Gasteiger partial charge < -0.3 is 19.5 Å². The van der Waals surface area contributed by atoms with E-state index in [1.54, 1.807) is 6.07 Å². The van der Waals surface area contributed by atoms with Crippen molar-refractivity contribution in [3.05, 3.63) is 48.3 Å². The van der Waals surface area contributed by atoms with Crippen LogP contribution in [-0.2, 0) is 0 Å². The van der Waals surface area contributed by atoms with E-state index < -0.39 is 12.9 Å². The Balaban J connectivity index is 2.21. The molecule has 2 aromatic rings. The predicted octanol–water partition coefficient (Wildman–Crippen LogP) is 1.31. The fourth-order valence-corrected chi connectivity index (χ4v) is 1.56. The second-order valence-corrected chi connectivity index (χ2v) is 3.82. The lowest BCUT2D eigenvalue weighted by molar-refractivity contribution is 0.368. The van der Waals surface area contributed by atoms with E-state index in [0.29, 0.717) is 11.2 Å². The van der Waals surface area contributed by atoms with E-state index in [2.05, 4.69) is 0 Å². The molecule has 0 atom stereocenters. The van der Waals surface area contributed by atoms with Gasteiger partial charge in [0, 0.05) is 0 Å². The molecule has 0 bridgehead atoms. The molecule has 2 rings (SSSR count). The van der Waals surface area contributed by atoms with Crippen molar-refractivity contribution in [1.82, 2.24) is 0 Å². The van der Waals surface area contributed by atoms with Crippen molar-refractivity contribution in [3.63, 3.8) is 0 Å². The fraction of sp³-hybridized carbons (Fsp3) is 0.0769. The molecule has 0 fully saturated rings. The van der Waals surface area contributed by atoms with Gasteiger partial charge in [-0.05, 0) is 29.7 Å². The maximum atomic E-state index is 13.8. The van der Waals surface area contributed by atoms with Crippen molar-refractivity contribution >= 4 is 12.6 Å². The molecule has 0 aliphatic rings. The molecule has 0 saturated carbocycles. The minimum absolute atomic E-state index is 0.0386. The molecule has 0 unspecified atom stereocenters. The molecule has 98 valence electrons. The highest BCUT2D eigenvalue weighted by Crippen LogP contribution is 2.29. The number of halogens is 1. The number of rotatable bonds is 4. The second-order valence-electron chi connectivity index (χ2n) is 3.82. The summed E-state index contributed by atoms with van der Waals surface area (Å²) < 4.78 is 24.1. The Bertz CT molecular complexity index is 557. The van der Waals surface area contributed by atoms with Gasteiger partial charge in [-0.1, -0.05) is 18.2 Å². The lowest BCUT2D eigenvalue weighted by Gasteiger charge is -2.09. The highest BCUT2D eigenvalue weighted by atomic mass is 19.1. The molecule has 2 N–H and O–H groups in total. The Morgan fingerprint density at radius 2 is 1.63 bits per heavy atom. The molecular formula is C13H12BFO4. The number of hydrogen-bond donors (Lipinski definition) is 2. The van der Waals surface area contributed by atoms with Gasteiger partial charge in [0.05, 0.1) is 7.11 Å². The van der Waals surface area contributed by atoms with E-state index >= 15 is 0 Å². The SMILES string of the molecule is COc1cccc(Oc2ccc(B(O)O)cc2)c1F. The van der Waals surface area contributed by atoms with Gasteiger partial charge in [-0.2, -0.15) is 4.39 Å². The van der Waals surface area contributed by atoms with Crippen molar-refractivity contribution in [2.24, 2.45) is 0 Å². The minimum atomic E-state index is -1.54. The van der Waals surface area contributed by atoms with Crippen molar-refractivity contribution in [1.29, 1.82) is 0 Å². The largest absolute Gasteiger partial charge is 0.494 e. The zero-order valence-corrected chi connectivity index (χ0v) is 10.2. The molecule has 0 heterocycles. The van der Waals surface area contributed by atoms with E-state index in [4.69, 9.17) is 19.5 Å². The van der Waals surface area contributed by atoms with E-state index in [-0.39, 0.29) is 11.5 Å². The van der Waals surface area contributed by atoms with Crippen LogP contribution in [0.4, 0.5) is 4.39 Å². The molecule has 2 aromatic carbocycles. The van der Waals surface area contributed by atoms with Crippen LogP contribution in [0.1, 0.15) is 0 Å². The third kappa shape index (κ3) is 3.04. The summed E-state index contributed by atoms with van der Waals surface area (Å²) in [4.78, 5) is 0. The Morgan fingerprint density at radius 3 is 2.21 bits per heavy atom. The molecule has 0 aliphatic heterocycles. The Morgan fingerprint density at radius 1 is 1.00 bits per heavy atom. The van der Waals surface area contributed by atoms with Gasteiger partial charge in [-0.25, -0.2) is 0 Å². The van der Waals surface area contributed by atoms with Gasteiger partial charge in [-0.3, -0.25) is 0 Å². The lowest BCUT2D eigenvalue weighted by Crippen LogP contribution is -2.29. The van der Waals surface area contributed by atoms with Gasteiger partial charge in [0.25, 0.3) is 0 Å². The standard InChI is InChI=1S/C13H12BFO4/c1-18-11-3-2-4-12(13(11)15)19-10-7-5-9(6-8-10)14(16)17/h2-8,16-17H,1H3. The maximum Gasteiger partial charge on any atom is 0.488 e. The van der Waals surface area contributed by atoms with Crippen LogP contribution in [-0.4, -0.2) is 24.3 Å². The summed E-state index contributed by atoms with van der Waals surface area (Å²) in [5, 5.41) is 17.9. The topological polar surface area (TPSA) is 58.9 Å². The van der Waals surface area contributed by atoms with Crippen LogP contribution in [0.5, 0.6) is 17.2 Å². The van der Waals surface area contributed by atoms with Gasteiger partial charge >= 0.3 is 7.12 Å². The Hall–Kier alpha value is -2.05. The number of benzene rings is 2. The number of ether oxygens (including phenoxy) is 2. The Kier molecular flexibility index (Phi) is 4.04. The molecule has 0 amide bonds. The summed E-state index contributed by atoms with van der Waals surface area (Å²) in [7, 11) is -0.165. The quantitative estimate of drug-likeness (QED) is 0.815. The average molecular weight is 262 g/mol. The first-order valence-electron chi connectivity index (χ1n) is 5.58. The van der Waals surface area contributed by atoms with E-state index in [1.807, 2.05) is 0 Å². The molecule has 19 heavy (non-hydrogen) atoms. The molecular weight excluding hydrogens is 250 g/mol. The first-order chi connectivity index (χ1) is 9.11. The summed E-state index contributed by atoms with van der Waals surface area (Å²) in [5.41, 5.74) is 0.332. The Labute approximate surface area is 110 Å². The molecule has 0 aromatic heterocycles. The third-order valence-electron chi connectivity index (χ3n) is 2.55. The van der Waals surface area contributed by atoms with Gasteiger partial charge in [0.15, 0.2) is 11.5 Å². The summed E-state index contributed by atoms with van der Waals surface area (Å²) >= 11 is 0. The van der Waals surface area contributed by atoms with E-state index in [9.17, 15) is 4.39 Å². The maximum absolute atomic E-state index is 13.8. The summed E-state index contributed by atoms with van der Waals surface area (Å²) in [6.07, 6.45) is 0. The molecule has 6 heteroatoms. The van der Waals surface area contributed by atoms with Crippen LogP contribution >= 0.6 is 0 Å². The zero-order chi connectivity index (χ0) is 13.8. The first-order valence-corrected chi connectivity index (χ1v) is 5.58. The molecule has 0 radical (unpaired) electrons. The summed E-state index contributed by atoms with van der Waals surface area (Å²) in [5.74, 6) is -0.0654. The van der Waals surface area contributed by atoms with Gasteiger partial charge in [0.2, 0.25) is 5.82 Å². The highest BCUT2D eigenvalue weighted by Gasteiger charge is 2.12. The van der Waals surface area contributed by atoms with Crippen molar-refractivity contribution < 1.29 is 23.9 Å². The van der Waals surface area contributed by atoms with Gasteiger partial charge in [0.1, 0.15) is 5.75 Å². The molecule has 0 aliphatic carbocycles. The fourth-order valence-electron chi connectivity index (χ4n) is 1.56. The average Bonchev–Trinajstić information content (AvgIpc) is 2.42. The summed E-state index contributed by atoms with van der Waals surface area (Å²) in [6.45, 7) is 0. The monoisotopic (exact) mass is 262 g/mol. The minimum Gasteiger partial charge on any atom is -0.494 e. The van der Waals surface area contributed by atoms with Gasteiger partial charge in [-0.15, -0.1) is 0 Å². The van der Waals surface area contributed by atoms with Crippen molar-refractivity contribution in [3.8, 4) is 17.2 Å². The van der Waals surface area contributed by atoms with Crippen molar-refractivity contribution in [2.75, 3.05) is 7.11 Å². The van der Waals surface area contributed by atoms with Crippen LogP contribution in [0, 0.1) is 5.82 Å². The van der Waals surface area contributed by atoms with Crippen LogP contribution in [0.15, 0.2) is 42.5 Å². The van der Waals surface area contributed by atoms with Crippen molar-refractivity contribution in [2.45, 2.75) is 0 Å². The lowest BCUT2D eigenvalue weighted by atomic mass is 9.80. The number of methoxy groups -OCH3 is 1. The molecule has 4 nitrogen and oxygen atoms in total. The first kappa shape index (κ1) is 13.4. The smallest absolute Gasteiger partial charge is 0.488 e. The normalized spacial score (nSPS) is 10.1. The van der Waals surface area contributed by atoms with Crippen LogP contribution < -0.4 is 14.9 Å². The third-order valence-corrected chi connectivity index (χ3v) is 2.55. The van der Waals surface area contributed by atoms with Crippen LogP contribution in [0.25, 0.3) is 0 Å². The molecule has 0 saturated heterocycles. The predicted molar refractivity (Wildman–Crippen MR) is 69.3 cm³/mol. The number of hydrogen-bond acceptors (Lipinski definition) is 4. The summed E-state index contributed by atoms with van der Waals surface area (Å²) in [6, 6.07) is 10.6. The van der Waals surface area contributed by atoms with Crippen LogP contribution in [0.3, 0.4) is 0 Å². The van der Waals surface area contributed by atoms with Crippen LogP contribution in [0.2, 0.25) is 0 Å². The second kappa shape index (κ2) is 5.73.